The highest BCUT2D eigenvalue weighted by Gasteiger charge is 2.39. The minimum atomic E-state index is -0.844. The first-order valence-electron chi connectivity index (χ1n) is 19.1. The molecular formula is C46H51N3O8. The Labute approximate surface area is 333 Å². The molecule has 2 amide bonds. The zero-order valence-electron chi connectivity index (χ0n) is 32.5. The fraction of sp³-hybridized carbons (Fsp3) is 0.304. The van der Waals surface area contributed by atoms with Crippen LogP contribution in [0.3, 0.4) is 0 Å². The lowest BCUT2D eigenvalue weighted by Crippen LogP contribution is -2.47. The van der Waals surface area contributed by atoms with Crippen LogP contribution in [0.1, 0.15) is 58.8 Å². The SMILES string of the molecule is COC(=O)C(Cc1ccccc1)NC(=O)NCc1ccccc1-c1ccc(C2OC(CN(C)CC(O)c3cccc(O)c3)C(C)C(c3ccc(CO)cc3)O2)cc1. The molecule has 298 valence electrons. The molecule has 5 aromatic rings. The number of phenols is 1. The van der Waals surface area contributed by atoms with Crippen molar-refractivity contribution < 1.29 is 39.1 Å². The number of nitrogens with one attached hydrogen (secondary N) is 2. The highest BCUT2D eigenvalue weighted by atomic mass is 16.7. The van der Waals surface area contributed by atoms with Crippen LogP contribution < -0.4 is 10.6 Å². The first kappa shape index (κ1) is 41.1. The van der Waals surface area contributed by atoms with Crippen LogP contribution in [0, 0.1) is 5.92 Å². The molecule has 1 aliphatic heterocycles. The molecule has 57 heavy (non-hydrogen) atoms. The van der Waals surface area contributed by atoms with Crippen molar-refractivity contribution in [3.8, 4) is 16.9 Å². The van der Waals surface area contributed by atoms with E-state index in [1.807, 2.05) is 115 Å². The van der Waals surface area contributed by atoms with Crippen molar-refractivity contribution in [1.82, 2.24) is 15.5 Å². The lowest BCUT2D eigenvalue weighted by molar-refractivity contribution is -0.276. The zero-order chi connectivity index (χ0) is 40.3. The number of methoxy groups -OCH3 is 1. The van der Waals surface area contributed by atoms with E-state index in [1.54, 1.807) is 24.3 Å². The number of aliphatic hydroxyl groups is 2. The van der Waals surface area contributed by atoms with Crippen LogP contribution in [0.5, 0.6) is 5.75 Å². The van der Waals surface area contributed by atoms with E-state index in [0.717, 1.165) is 38.9 Å². The van der Waals surface area contributed by atoms with Gasteiger partial charge in [-0.3, -0.25) is 0 Å². The maximum Gasteiger partial charge on any atom is 0.328 e. The molecule has 0 bridgehead atoms. The van der Waals surface area contributed by atoms with Crippen molar-refractivity contribution in [2.75, 3.05) is 27.2 Å². The number of hydrogen-bond donors (Lipinski definition) is 5. The zero-order valence-corrected chi connectivity index (χ0v) is 32.5. The molecule has 1 aliphatic rings. The second-order valence-electron chi connectivity index (χ2n) is 14.5. The Morgan fingerprint density at radius 1 is 0.842 bits per heavy atom. The van der Waals surface area contributed by atoms with Gasteiger partial charge in [-0.2, -0.15) is 0 Å². The maximum absolute atomic E-state index is 13.0. The third kappa shape index (κ3) is 10.9. The van der Waals surface area contributed by atoms with Gasteiger partial charge in [-0.15, -0.1) is 0 Å². The molecule has 6 atom stereocenters. The molecule has 6 rings (SSSR count). The van der Waals surface area contributed by atoms with Crippen molar-refractivity contribution >= 4 is 12.0 Å². The number of hydrogen-bond acceptors (Lipinski definition) is 9. The standard InChI is InChI=1S/C46H51N3O8/c1-30-42(28-49(2)27-41(52)36-13-9-14-38(51)25-36)56-45(57-43(30)34-18-16-32(29-50)17-19-34)35-22-20-33(21-23-35)39-15-8-7-12-37(39)26-47-46(54)48-40(44(53)55-3)24-31-10-5-4-6-11-31/h4-23,25,30,40-43,45,50-52H,24,26-29H2,1-3H3,(H2,47,48,54). The number of phenolic OH excluding ortho intramolecular Hbond substituents is 1. The van der Waals surface area contributed by atoms with Crippen LogP contribution in [0.15, 0.2) is 127 Å². The van der Waals surface area contributed by atoms with Gasteiger partial charge in [0, 0.05) is 37.5 Å². The maximum atomic E-state index is 13.0. The molecule has 11 heteroatoms. The Bertz CT molecular complexity index is 2060. The Balaban J connectivity index is 1.15. The van der Waals surface area contributed by atoms with Crippen LogP contribution in [-0.4, -0.2) is 71.6 Å². The molecular weight excluding hydrogens is 723 g/mol. The molecule has 0 aromatic heterocycles. The van der Waals surface area contributed by atoms with E-state index >= 15 is 0 Å². The number of carbonyl (C=O) groups is 2. The summed E-state index contributed by atoms with van der Waals surface area (Å²) in [5, 5.41) is 36.2. The number of amides is 2. The lowest BCUT2D eigenvalue weighted by atomic mass is 9.90. The molecule has 0 radical (unpaired) electrons. The summed E-state index contributed by atoms with van der Waals surface area (Å²) in [4.78, 5) is 27.5. The molecule has 5 aromatic carbocycles. The Morgan fingerprint density at radius 3 is 2.25 bits per heavy atom. The smallest absolute Gasteiger partial charge is 0.328 e. The van der Waals surface area contributed by atoms with Gasteiger partial charge < -0.3 is 45.1 Å². The number of aromatic hydroxyl groups is 1. The van der Waals surface area contributed by atoms with Crippen LogP contribution in [0.4, 0.5) is 4.79 Å². The van der Waals surface area contributed by atoms with Crippen molar-refractivity contribution in [1.29, 1.82) is 0 Å². The van der Waals surface area contributed by atoms with Crippen LogP contribution in [-0.2, 0) is 38.6 Å². The number of ether oxygens (including phenoxy) is 3. The third-order valence-corrected chi connectivity index (χ3v) is 10.4. The Hall–Kier alpha value is -5.56. The van der Waals surface area contributed by atoms with Crippen LogP contribution in [0.25, 0.3) is 11.1 Å². The molecule has 1 saturated heterocycles. The number of aliphatic hydroxyl groups excluding tert-OH is 2. The summed E-state index contributed by atoms with van der Waals surface area (Å²) in [5.41, 5.74) is 6.91. The average Bonchev–Trinajstić information content (AvgIpc) is 3.23. The highest BCUT2D eigenvalue weighted by Crippen LogP contribution is 2.42. The van der Waals surface area contributed by atoms with E-state index in [1.165, 1.54) is 7.11 Å². The first-order valence-corrected chi connectivity index (χ1v) is 19.1. The number of nitrogens with zero attached hydrogens (tertiary/aromatic N) is 1. The van der Waals surface area contributed by atoms with Gasteiger partial charge in [0.05, 0.1) is 32.0 Å². The van der Waals surface area contributed by atoms with E-state index in [9.17, 15) is 24.9 Å². The summed E-state index contributed by atoms with van der Waals surface area (Å²) < 4.78 is 18.3. The van der Waals surface area contributed by atoms with Crippen LogP contribution in [0.2, 0.25) is 0 Å². The molecule has 1 heterocycles. The van der Waals surface area contributed by atoms with Crippen molar-refractivity contribution in [3.05, 3.63) is 161 Å². The third-order valence-electron chi connectivity index (χ3n) is 10.4. The van der Waals surface area contributed by atoms with E-state index < -0.39 is 30.4 Å². The summed E-state index contributed by atoms with van der Waals surface area (Å²) in [6.07, 6.45) is -1.76. The average molecular weight is 774 g/mol. The molecule has 0 aliphatic carbocycles. The number of rotatable bonds is 15. The first-order chi connectivity index (χ1) is 27.6. The van der Waals surface area contributed by atoms with E-state index in [-0.39, 0.29) is 37.0 Å². The molecule has 0 spiro atoms. The van der Waals surface area contributed by atoms with Crippen LogP contribution >= 0.6 is 0 Å². The van der Waals surface area contributed by atoms with Gasteiger partial charge in [0.1, 0.15) is 11.8 Å². The summed E-state index contributed by atoms with van der Waals surface area (Å²) in [5.74, 6) is -0.478. The number of esters is 1. The largest absolute Gasteiger partial charge is 0.508 e. The normalized spacial score (nSPS) is 19.1. The topological polar surface area (TPSA) is 150 Å². The summed E-state index contributed by atoms with van der Waals surface area (Å²) in [6.45, 7) is 3.12. The van der Waals surface area contributed by atoms with Crippen molar-refractivity contribution in [3.63, 3.8) is 0 Å². The monoisotopic (exact) mass is 773 g/mol. The van der Waals surface area contributed by atoms with Gasteiger partial charge in [-0.05, 0) is 58.1 Å². The van der Waals surface area contributed by atoms with Gasteiger partial charge in [-0.1, -0.05) is 122 Å². The van der Waals surface area contributed by atoms with Gasteiger partial charge in [-0.25, -0.2) is 9.59 Å². The minimum Gasteiger partial charge on any atom is -0.508 e. The summed E-state index contributed by atoms with van der Waals surface area (Å²) in [7, 11) is 3.24. The molecule has 6 unspecified atom stereocenters. The summed E-state index contributed by atoms with van der Waals surface area (Å²) >= 11 is 0. The fourth-order valence-electron chi connectivity index (χ4n) is 7.19. The van der Waals surface area contributed by atoms with E-state index in [4.69, 9.17) is 14.2 Å². The molecule has 0 saturated carbocycles. The lowest BCUT2D eigenvalue weighted by Gasteiger charge is -2.42. The van der Waals surface area contributed by atoms with Gasteiger partial charge in [0.15, 0.2) is 6.29 Å². The summed E-state index contributed by atoms with van der Waals surface area (Å²) in [6, 6.07) is 38.3. The quantitative estimate of drug-likeness (QED) is 0.0743. The second kappa shape index (κ2) is 19.5. The highest BCUT2D eigenvalue weighted by molar-refractivity contribution is 5.84. The molecule has 5 N–H and O–H groups in total. The Morgan fingerprint density at radius 2 is 1.54 bits per heavy atom. The van der Waals surface area contributed by atoms with Crippen molar-refractivity contribution in [2.24, 2.45) is 5.92 Å². The predicted octanol–water partition coefficient (Wildman–Crippen LogP) is 6.59. The van der Waals surface area contributed by atoms with E-state index in [2.05, 4.69) is 17.6 Å². The second-order valence-corrected chi connectivity index (χ2v) is 14.5. The van der Waals surface area contributed by atoms with Gasteiger partial charge in [0.2, 0.25) is 0 Å². The number of urea groups is 1. The molecule has 1 fully saturated rings. The minimum absolute atomic E-state index is 0.0502. The van der Waals surface area contributed by atoms with E-state index in [0.29, 0.717) is 25.1 Å². The van der Waals surface area contributed by atoms with Gasteiger partial charge >= 0.3 is 12.0 Å². The number of likely N-dealkylation sites (N-methyl/N-ethyl adjacent to an activating group) is 1. The fourth-order valence-corrected chi connectivity index (χ4v) is 7.19. The predicted molar refractivity (Wildman–Crippen MR) is 217 cm³/mol. The van der Waals surface area contributed by atoms with Gasteiger partial charge in [0.25, 0.3) is 0 Å². The van der Waals surface area contributed by atoms with Crippen molar-refractivity contribution in [2.45, 2.75) is 57.1 Å². The number of carbonyl (C=O) groups excluding carboxylic acids is 2. The number of benzene rings is 5. The Kier molecular flexibility index (Phi) is 14.1. The molecule has 11 nitrogen and oxygen atoms in total.